The van der Waals surface area contributed by atoms with E-state index < -0.39 is 0 Å². The topological polar surface area (TPSA) is 58.4 Å². The highest BCUT2D eigenvalue weighted by Gasteiger charge is 2.21. The first kappa shape index (κ1) is 13.5. The molecule has 1 aliphatic rings. The van der Waals surface area contributed by atoms with Gasteiger partial charge < -0.3 is 0 Å². The van der Waals surface area contributed by atoms with Crippen LogP contribution in [0.15, 0.2) is 0 Å². The number of likely N-dealkylation sites (tertiary alicyclic amines) is 1. The summed E-state index contributed by atoms with van der Waals surface area (Å²) in [5, 5.41) is 0. The van der Waals surface area contributed by atoms with Gasteiger partial charge in [-0.15, -0.1) is 0 Å². The van der Waals surface area contributed by atoms with E-state index in [1.807, 2.05) is 0 Å². The van der Waals surface area contributed by atoms with Gasteiger partial charge in [0.05, 0.1) is 0 Å². The Morgan fingerprint density at radius 1 is 1.50 bits per heavy atom. The molecule has 0 aromatic rings. The second-order valence-corrected chi connectivity index (χ2v) is 4.89. The lowest BCUT2D eigenvalue weighted by molar-refractivity contribution is -0.121. The number of carbonyl (C=O) groups is 1. The first-order valence-corrected chi connectivity index (χ1v) is 6.40. The lowest BCUT2D eigenvalue weighted by Gasteiger charge is -2.33. The van der Waals surface area contributed by atoms with Gasteiger partial charge in [-0.25, -0.2) is 5.84 Å². The number of nitrogens with zero attached hydrogens (tertiary/aromatic N) is 1. The molecule has 0 bridgehead atoms. The van der Waals surface area contributed by atoms with Gasteiger partial charge >= 0.3 is 0 Å². The van der Waals surface area contributed by atoms with Crippen molar-refractivity contribution in [3.8, 4) is 0 Å². The molecule has 0 aliphatic carbocycles. The molecular weight excluding hydrogens is 202 g/mol. The Kier molecular flexibility index (Phi) is 5.77. The van der Waals surface area contributed by atoms with Crippen LogP contribution in [0.3, 0.4) is 0 Å². The number of hydrazine groups is 1. The minimum atomic E-state index is -0.0608. The maximum Gasteiger partial charge on any atom is 0.233 e. The monoisotopic (exact) mass is 227 g/mol. The average molecular weight is 227 g/mol. The smallest absolute Gasteiger partial charge is 0.233 e. The maximum atomic E-state index is 11.1. The van der Waals surface area contributed by atoms with E-state index in [-0.39, 0.29) is 5.91 Å². The van der Waals surface area contributed by atoms with Gasteiger partial charge in [0.2, 0.25) is 5.91 Å². The standard InChI is InChI=1S/C12H25N3O/c1-10-6-4-3-5-9-15(10)11(2)7-8-12(16)14-13/h10-11H,3-9,13H2,1-2H3,(H,14,16). The van der Waals surface area contributed by atoms with E-state index in [0.29, 0.717) is 18.5 Å². The third-order valence-electron chi connectivity index (χ3n) is 3.62. The zero-order valence-corrected chi connectivity index (χ0v) is 10.5. The van der Waals surface area contributed by atoms with Gasteiger partial charge in [0.1, 0.15) is 0 Å². The van der Waals surface area contributed by atoms with Crippen LogP contribution in [-0.4, -0.2) is 29.4 Å². The molecule has 1 fully saturated rings. The minimum absolute atomic E-state index is 0.0608. The minimum Gasteiger partial charge on any atom is -0.298 e. The van der Waals surface area contributed by atoms with Crippen LogP contribution in [0, 0.1) is 0 Å². The number of carbonyl (C=O) groups excluding carboxylic acids is 1. The Balaban J connectivity index is 2.38. The summed E-state index contributed by atoms with van der Waals surface area (Å²) in [6.07, 6.45) is 6.68. The van der Waals surface area contributed by atoms with E-state index in [0.717, 1.165) is 6.42 Å². The highest BCUT2D eigenvalue weighted by molar-refractivity contribution is 5.75. The van der Waals surface area contributed by atoms with Crippen molar-refractivity contribution < 1.29 is 4.79 Å². The molecule has 94 valence electrons. The van der Waals surface area contributed by atoms with Crippen LogP contribution in [0.4, 0.5) is 0 Å². The molecule has 0 saturated carbocycles. The molecule has 0 spiro atoms. The largest absolute Gasteiger partial charge is 0.298 e. The summed E-state index contributed by atoms with van der Waals surface area (Å²) >= 11 is 0. The van der Waals surface area contributed by atoms with E-state index in [1.165, 1.54) is 32.2 Å². The predicted octanol–water partition coefficient (Wildman–Crippen LogP) is 1.41. The van der Waals surface area contributed by atoms with Crippen LogP contribution in [-0.2, 0) is 4.79 Å². The molecule has 1 heterocycles. The first-order valence-electron chi connectivity index (χ1n) is 6.40. The number of rotatable bonds is 4. The summed E-state index contributed by atoms with van der Waals surface area (Å²) in [5.74, 6) is 5.02. The van der Waals surface area contributed by atoms with Crippen molar-refractivity contribution in [1.82, 2.24) is 10.3 Å². The average Bonchev–Trinajstić information content (AvgIpc) is 2.50. The van der Waals surface area contributed by atoms with Crippen molar-refractivity contribution in [1.29, 1.82) is 0 Å². The van der Waals surface area contributed by atoms with Gasteiger partial charge in [-0.3, -0.25) is 15.1 Å². The molecule has 2 unspecified atom stereocenters. The van der Waals surface area contributed by atoms with Crippen molar-refractivity contribution in [2.24, 2.45) is 5.84 Å². The summed E-state index contributed by atoms with van der Waals surface area (Å²) in [4.78, 5) is 13.6. The van der Waals surface area contributed by atoms with Gasteiger partial charge in [-0.05, 0) is 39.7 Å². The number of nitrogens with two attached hydrogens (primary N) is 1. The first-order chi connectivity index (χ1) is 7.65. The fourth-order valence-electron chi connectivity index (χ4n) is 2.53. The molecule has 1 saturated heterocycles. The maximum absolute atomic E-state index is 11.1. The molecule has 1 rings (SSSR count). The van der Waals surface area contributed by atoms with Gasteiger partial charge in [0.25, 0.3) is 0 Å². The van der Waals surface area contributed by atoms with Crippen LogP contribution < -0.4 is 11.3 Å². The number of nitrogens with one attached hydrogen (secondary N) is 1. The van der Waals surface area contributed by atoms with E-state index in [4.69, 9.17) is 5.84 Å². The lowest BCUT2D eigenvalue weighted by atomic mass is 10.1. The number of hydrogen-bond acceptors (Lipinski definition) is 3. The second-order valence-electron chi connectivity index (χ2n) is 4.89. The Morgan fingerprint density at radius 2 is 2.25 bits per heavy atom. The lowest BCUT2D eigenvalue weighted by Crippen LogP contribution is -2.41. The molecule has 3 N–H and O–H groups in total. The summed E-state index contributed by atoms with van der Waals surface area (Å²) in [6, 6.07) is 1.13. The molecule has 0 aromatic heterocycles. The van der Waals surface area contributed by atoms with Crippen LogP contribution in [0.5, 0.6) is 0 Å². The van der Waals surface area contributed by atoms with Crippen molar-refractivity contribution in [2.45, 2.75) is 64.5 Å². The van der Waals surface area contributed by atoms with E-state index >= 15 is 0 Å². The molecule has 2 atom stereocenters. The van der Waals surface area contributed by atoms with Crippen molar-refractivity contribution in [3.05, 3.63) is 0 Å². The number of amides is 1. The van der Waals surface area contributed by atoms with Gasteiger partial charge in [0.15, 0.2) is 0 Å². The third-order valence-corrected chi connectivity index (χ3v) is 3.62. The fourth-order valence-corrected chi connectivity index (χ4v) is 2.53. The normalized spacial score (nSPS) is 24.8. The SMILES string of the molecule is CC1CCCCCN1C(C)CCC(=O)NN. The summed E-state index contributed by atoms with van der Waals surface area (Å²) in [5.41, 5.74) is 2.19. The van der Waals surface area contributed by atoms with Gasteiger partial charge in [-0.1, -0.05) is 12.8 Å². The molecule has 4 nitrogen and oxygen atoms in total. The highest BCUT2D eigenvalue weighted by atomic mass is 16.2. The fraction of sp³-hybridized carbons (Fsp3) is 0.917. The third kappa shape index (κ3) is 4.10. The van der Waals surface area contributed by atoms with E-state index in [1.54, 1.807) is 0 Å². The quantitative estimate of drug-likeness (QED) is 0.434. The van der Waals surface area contributed by atoms with Crippen LogP contribution in [0.1, 0.15) is 52.4 Å². The Morgan fingerprint density at radius 3 is 2.94 bits per heavy atom. The van der Waals surface area contributed by atoms with Crippen LogP contribution in [0.25, 0.3) is 0 Å². The zero-order chi connectivity index (χ0) is 12.0. The molecule has 0 radical (unpaired) electrons. The van der Waals surface area contributed by atoms with Crippen LogP contribution in [0.2, 0.25) is 0 Å². The Bertz CT molecular complexity index is 220. The van der Waals surface area contributed by atoms with Crippen molar-refractivity contribution >= 4 is 5.91 Å². The van der Waals surface area contributed by atoms with Crippen molar-refractivity contribution in [2.75, 3.05) is 6.54 Å². The van der Waals surface area contributed by atoms with E-state index in [9.17, 15) is 4.79 Å². The second kappa shape index (κ2) is 6.86. The summed E-state index contributed by atoms with van der Waals surface area (Å²) in [7, 11) is 0. The zero-order valence-electron chi connectivity index (χ0n) is 10.5. The van der Waals surface area contributed by atoms with E-state index in [2.05, 4.69) is 24.2 Å². The molecule has 16 heavy (non-hydrogen) atoms. The Labute approximate surface area is 98.5 Å². The van der Waals surface area contributed by atoms with Crippen LogP contribution >= 0.6 is 0 Å². The van der Waals surface area contributed by atoms with Gasteiger partial charge in [0, 0.05) is 18.5 Å². The molecular formula is C12H25N3O. The summed E-state index contributed by atoms with van der Waals surface area (Å²) < 4.78 is 0. The molecule has 0 aromatic carbocycles. The molecule has 4 heteroatoms. The predicted molar refractivity (Wildman–Crippen MR) is 65.7 cm³/mol. The van der Waals surface area contributed by atoms with Gasteiger partial charge in [-0.2, -0.15) is 0 Å². The highest BCUT2D eigenvalue weighted by Crippen LogP contribution is 2.20. The molecule has 1 aliphatic heterocycles. The van der Waals surface area contributed by atoms with Crippen molar-refractivity contribution in [3.63, 3.8) is 0 Å². The summed E-state index contributed by atoms with van der Waals surface area (Å²) in [6.45, 7) is 5.68. The molecule has 1 amide bonds. The Hall–Kier alpha value is -0.610. The number of hydrogen-bond donors (Lipinski definition) is 2.